The average Bonchev–Trinajstić information content (AvgIpc) is 2.91. The van der Waals surface area contributed by atoms with E-state index in [9.17, 15) is 22.8 Å². The highest BCUT2D eigenvalue weighted by molar-refractivity contribution is 5.69. The van der Waals surface area contributed by atoms with Gasteiger partial charge in [-0.25, -0.2) is 5.10 Å². The number of hydrogen-bond donors (Lipinski definition) is 1. The van der Waals surface area contributed by atoms with Crippen LogP contribution in [-0.4, -0.2) is 48.6 Å². The molecule has 1 aliphatic heterocycles. The van der Waals surface area contributed by atoms with Gasteiger partial charge in [-0.15, -0.1) is 0 Å². The molecule has 26 heavy (non-hydrogen) atoms. The Bertz CT molecular complexity index is 677. The number of H-pyrrole nitrogens is 1. The molecule has 0 aromatic carbocycles. The quantitative estimate of drug-likeness (QED) is 0.578. The lowest BCUT2D eigenvalue weighted by Crippen LogP contribution is -2.37. The van der Waals surface area contributed by atoms with Crippen LogP contribution in [0, 0.1) is 5.92 Å². The third kappa shape index (κ3) is 4.96. The minimum atomic E-state index is -4.78. The van der Waals surface area contributed by atoms with Gasteiger partial charge in [0.1, 0.15) is 5.56 Å². The summed E-state index contributed by atoms with van der Waals surface area (Å²) in [6, 6.07) is -0.336. The van der Waals surface area contributed by atoms with Crippen LogP contribution in [0.5, 0.6) is 0 Å². The number of halogens is 3. The molecule has 0 aliphatic carbocycles. The van der Waals surface area contributed by atoms with Crippen molar-refractivity contribution in [3.63, 3.8) is 0 Å². The molecule has 0 saturated carbocycles. The third-order valence-electron chi connectivity index (χ3n) is 4.12. The summed E-state index contributed by atoms with van der Waals surface area (Å²) in [6.07, 6.45) is -3.07. The first-order valence-corrected chi connectivity index (χ1v) is 8.38. The van der Waals surface area contributed by atoms with Crippen LogP contribution >= 0.6 is 0 Å². The number of aromatic nitrogens is 2. The Morgan fingerprint density at radius 1 is 1.46 bits per heavy atom. The Labute approximate surface area is 148 Å². The van der Waals surface area contributed by atoms with E-state index >= 15 is 0 Å². The number of esters is 1. The van der Waals surface area contributed by atoms with Gasteiger partial charge in [0, 0.05) is 6.54 Å². The Morgan fingerprint density at radius 3 is 2.85 bits per heavy atom. The third-order valence-corrected chi connectivity index (χ3v) is 4.12. The summed E-state index contributed by atoms with van der Waals surface area (Å²) in [5.41, 5.74) is -2.76. The highest BCUT2D eigenvalue weighted by Crippen LogP contribution is 2.37. The number of alkyl halides is 3. The molecule has 146 valence electrons. The summed E-state index contributed by atoms with van der Waals surface area (Å²) in [4.78, 5) is 24.5. The van der Waals surface area contributed by atoms with Crippen LogP contribution in [0.15, 0.2) is 11.0 Å². The molecule has 1 fully saturated rings. The average molecular weight is 377 g/mol. The van der Waals surface area contributed by atoms with Gasteiger partial charge in [0.05, 0.1) is 44.2 Å². The number of ether oxygens (including phenoxy) is 2. The summed E-state index contributed by atoms with van der Waals surface area (Å²) in [6.45, 7) is 4.53. The number of nitrogens with one attached hydrogen (secondary N) is 1. The zero-order valence-corrected chi connectivity index (χ0v) is 14.6. The highest BCUT2D eigenvalue weighted by atomic mass is 19.4. The molecule has 1 N–H and O–H groups in total. The lowest BCUT2D eigenvalue weighted by molar-refractivity contribution is -0.144. The molecule has 0 bridgehead atoms. The van der Waals surface area contributed by atoms with E-state index < -0.39 is 17.3 Å². The van der Waals surface area contributed by atoms with Gasteiger partial charge in [-0.05, 0) is 19.3 Å². The molecule has 2 atom stereocenters. The second kappa shape index (κ2) is 8.52. The summed E-state index contributed by atoms with van der Waals surface area (Å²) in [5, 5.41) is 5.36. The molecule has 1 aromatic heterocycles. The second-order valence-electron chi connectivity index (χ2n) is 6.23. The molecule has 2 rings (SSSR count). The number of hydrogen-bond acceptors (Lipinski definition) is 6. The first kappa shape index (κ1) is 20.2. The Morgan fingerprint density at radius 2 is 2.19 bits per heavy atom. The molecule has 0 unspecified atom stereocenters. The zero-order chi connectivity index (χ0) is 19.3. The van der Waals surface area contributed by atoms with Crippen LogP contribution in [0.25, 0.3) is 0 Å². The minimum absolute atomic E-state index is 0.0798. The van der Waals surface area contributed by atoms with Crippen molar-refractivity contribution in [1.29, 1.82) is 0 Å². The van der Waals surface area contributed by atoms with Crippen molar-refractivity contribution < 1.29 is 27.4 Å². The van der Waals surface area contributed by atoms with Crippen molar-refractivity contribution in [2.45, 2.75) is 38.9 Å². The molecular weight excluding hydrogens is 355 g/mol. The number of carbonyl (C=O) groups excluding carboxylic acids is 1. The predicted molar refractivity (Wildman–Crippen MR) is 86.8 cm³/mol. The number of aromatic amines is 1. The van der Waals surface area contributed by atoms with Gasteiger partial charge in [-0.1, -0.05) is 6.92 Å². The van der Waals surface area contributed by atoms with E-state index in [0.717, 1.165) is 6.20 Å². The Hall–Kier alpha value is -2.10. The molecule has 10 heteroatoms. The molecule has 0 amide bonds. The summed E-state index contributed by atoms with van der Waals surface area (Å²) >= 11 is 0. The number of nitrogens with zero attached hydrogens (tertiary/aromatic N) is 2. The molecule has 1 saturated heterocycles. The van der Waals surface area contributed by atoms with Crippen LogP contribution in [0.4, 0.5) is 18.9 Å². The molecule has 1 aromatic rings. The molecule has 0 spiro atoms. The SMILES string of the molecule is CCOC(=O)CCOC[C@@H]1C[C@H](C)CN1c1cn[nH]c(=O)c1C(F)(F)F. The Balaban J connectivity index is 2.10. The molecule has 0 radical (unpaired) electrons. The van der Waals surface area contributed by atoms with Crippen molar-refractivity contribution in [2.75, 3.05) is 31.3 Å². The van der Waals surface area contributed by atoms with Gasteiger partial charge in [0.25, 0.3) is 5.56 Å². The van der Waals surface area contributed by atoms with Gasteiger partial charge in [0.15, 0.2) is 0 Å². The van der Waals surface area contributed by atoms with E-state index in [4.69, 9.17) is 9.47 Å². The second-order valence-corrected chi connectivity index (χ2v) is 6.23. The van der Waals surface area contributed by atoms with Crippen LogP contribution in [-0.2, 0) is 20.4 Å². The zero-order valence-electron chi connectivity index (χ0n) is 14.6. The van der Waals surface area contributed by atoms with E-state index in [1.54, 1.807) is 6.92 Å². The maximum Gasteiger partial charge on any atom is 0.423 e. The number of anilines is 1. The predicted octanol–water partition coefficient (Wildman–Crippen LogP) is 1.97. The topological polar surface area (TPSA) is 84.5 Å². The first-order chi connectivity index (χ1) is 12.2. The van der Waals surface area contributed by atoms with Gasteiger partial charge in [-0.2, -0.15) is 18.3 Å². The minimum Gasteiger partial charge on any atom is -0.466 e. The van der Waals surface area contributed by atoms with Crippen molar-refractivity contribution in [1.82, 2.24) is 10.2 Å². The fourth-order valence-corrected chi connectivity index (χ4v) is 3.09. The molecule has 7 nitrogen and oxygen atoms in total. The summed E-state index contributed by atoms with van der Waals surface area (Å²) < 4.78 is 50.1. The van der Waals surface area contributed by atoms with Crippen molar-refractivity contribution in [3.05, 3.63) is 22.1 Å². The first-order valence-electron chi connectivity index (χ1n) is 8.38. The van der Waals surface area contributed by atoms with Crippen molar-refractivity contribution in [2.24, 2.45) is 5.92 Å². The Kier molecular flexibility index (Phi) is 6.63. The van der Waals surface area contributed by atoms with Gasteiger partial charge < -0.3 is 14.4 Å². The van der Waals surface area contributed by atoms with Gasteiger partial charge >= 0.3 is 12.1 Å². The van der Waals surface area contributed by atoms with Crippen molar-refractivity contribution in [3.8, 4) is 0 Å². The largest absolute Gasteiger partial charge is 0.466 e. The van der Waals surface area contributed by atoms with Crippen LogP contribution < -0.4 is 10.5 Å². The lowest BCUT2D eigenvalue weighted by atomic mass is 10.1. The number of rotatable bonds is 7. The van der Waals surface area contributed by atoms with E-state index in [-0.39, 0.29) is 49.9 Å². The van der Waals surface area contributed by atoms with E-state index in [0.29, 0.717) is 13.0 Å². The lowest BCUT2D eigenvalue weighted by Gasteiger charge is -2.28. The smallest absolute Gasteiger partial charge is 0.423 e. The van der Waals surface area contributed by atoms with Crippen LogP contribution in [0.2, 0.25) is 0 Å². The summed E-state index contributed by atoms with van der Waals surface area (Å²) in [7, 11) is 0. The van der Waals surface area contributed by atoms with E-state index in [1.165, 1.54) is 4.90 Å². The number of carbonyl (C=O) groups is 1. The van der Waals surface area contributed by atoms with Crippen LogP contribution in [0.1, 0.15) is 32.3 Å². The van der Waals surface area contributed by atoms with E-state index in [1.807, 2.05) is 12.0 Å². The van der Waals surface area contributed by atoms with E-state index in [2.05, 4.69) is 5.10 Å². The highest BCUT2D eigenvalue weighted by Gasteiger charge is 2.41. The monoisotopic (exact) mass is 377 g/mol. The fraction of sp³-hybridized carbons (Fsp3) is 0.688. The molecule has 1 aliphatic rings. The summed E-state index contributed by atoms with van der Waals surface area (Å²) in [5.74, 6) is -0.253. The van der Waals surface area contributed by atoms with Gasteiger partial charge in [-0.3, -0.25) is 9.59 Å². The maximum atomic E-state index is 13.3. The molecule has 2 heterocycles. The molecular formula is C16H22F3N3O4. The van der Waals surface area contributed by atoms with Crippen LogP contribution in [0.3, 0.4) is 0 Å². The van der Waals surface area contributed by atoms with Gasteiger partial charge in [0.2, 0.25) is 0 Å². The fourth-order valence-electron chi connectivity index (χ4n) is 3.09. The maximum absolute atomic E-state index is 13.3. The standard InChI is InChI=1S/C16H22F3N3O4/c1-3-26-13(23)4-5-25-9-11-6-10(2)8-22(11)12-7-20-21-15(24)14(12)16(17,18)19/h7,10-11H,3-6,8-9H2,1-2H3,(H,21,24)/t10-,11-/m0/s1. The normalized spacial score (nSPS) is 20.4. The van der Waals surface area contributed by atoms with Crippen molar-refractivity contribution >= 4 is 11.7 Å².